The molecule has 1 aliphatic rings. The first-order chi connectivity index (χ1) is 18.6. The van der Waals surface area contributed by atoms with E-state index < -0.39 is 35.2 Å². The van der Waals surface area contributed by atoms with Crippen molar-refractivity contribution in [1.29, 1.82) is 0 Å². The molecule has 0 aromatic heterocycles. The van der Waals surface area contributed by atoms with Crippen LogP contribution in [0.2, 0.25) is 0 Å². The highest BCUT2D eigenvalue weighted by Crippen LogP contribution is 2.34. The molecule has 0 unspecified atom stereocenters. The number of hydrazone groups is 1. The maximum absolute atomic E-state index is 13.8. The molecule has 0 bridgehead atoms. The van der Waals surface area contributed by atoms with Gasteiger partial charge in [0.15, 0.2) is 23.8 Å². The van der Waals surface area contributed by atoms with Crippen molar-refractivity contribution >= 4 is 40.9 Å². The lowest BCUT2D eigenvalue weighted by atomic mass is 10.1. The number of amides is 2. The van der Waals surface area contributed by atoms with Crippen molar-refractivity contribution in [3.05, 3.63) is 89.5 Å². The Morgan fingerprint density at radius 3 is 2.33 bits per heavy atom. The first-order valence-electron chi connectivity index (χ1n) is 11.3. The summed E-state index contributed by atoms with van der Waals surface area (Å²) < 4.78 is 52.1. The number of hydrogen-bond acceptors (Lipinski definition) is 6. The number of aromatic carboxylic acids is 1. The van der Waals surface area contributed by atoms with Crippen LogP contribution >= 0.6 is 0 Å². The van der Waals surface area contributed by atoms with Crippen molar-refractivity contribution in [2.75, 3.05) is 24.0 Å². The quantitative estimate of drug-likeness (QED) is 0.399. The van der Waals surface area contributed by atoms with E-state index in [9.17, 15) is 27.6 Å². The molecule has 1 heterocycles. The maximum Gasteiger partial charge on any atom is 0.435 e. The van der Waals surface area contributed by atoms with Gasteiger partial charge in [0, 0.05) is 5.69 Å². The number of anilines is 2. The van der Waals surface area contributed by atoms with Crippen LogP contribution in [0.25, 0.3) is 6.08 Å². The number of rotatable bonds is 8. The second-order valence-electron chi connectivity index (χ2n) is 8.09. The van der Waals surface area contributed by atoms with Crippen molar-refractivity contribution in [2.24, 2.45) is 5.10 Å². The summed E-state index contributed by atoms with van der Waals surface area (Å²) in [5.41, 5.74) is -1.51. The molecule has 3 aromatic rings. The molecule has 0 spiro atoms. The smallest absolute Gasteiger partial charge is 0.435 e. The summed E-state index contributed by atoms with van der Waals surface area (Å²) in [7, 11) is 1.31. The van der Waals surface area contributed by atoms with Gasteiger partial charge in [0.2, 0.25) is 0 Å². The number of nitrogens with zero attached hydrogens (tertiary/aromatic N) is 2. The molecule has 2 N–H and O–H groups in total. The van der Waals surface area contributed by atoms with Gasteiger partial charge in [-0.05, 0) is 60.2 Å². The van der Waals surface area contributed by atoms with Gasteiger partial charge in [-0.3, -0.25) is 9.59 Å². The van der Waals surface area contributed by atoms with Crippen LogP contribution in [0, 0.1) is 0 Å². The molecule has 12 heteroatoms. The van der Waals surface area contributed by atoms with E-state index in [1.54, 1.807) is 30.3 Å². The number of carbonyl (C=O) groups is 3. The summed E-state index contributed by atoms with van der Waals surface area (Å²) in [5, 5.41) is 15.7. The molecule has 3 aromatic carbocycles. The van der Waals surface area contributed by atoms with E-state index >= 15 is 0 Å². The van der Waals surface area contributed by atoms with Crippen LogP contribution in [0.15, 0.2) is 83.5 Å². The van der Waals surface area contributed by atoms with E-state index in [4.69, 9.17) is 14.6 Å². The second-order valence-corrected chi connectivity index (χ2v) is 8.09. The SMILES string of the molecule is COc1cc(/C=C2/C(=O)N(c3ccc(C(=O)O)cc3)N=C2C(F)(F)F)ccc1OCC(=O)Nc1ccccc1. The van der Waals surface area contributed by atoms with Gasteiger partial charge in [0.05, 0.1) is 23.9 Å². The molecule has 2 amide bonds. The van der Waals surface area contributed by atoms with Crippen molar-refractivity contribution in [3.8, 4) is 11.5 Å². The first kappa shape index (κ1) is 26.9. The highest BCUT2D eigenvalue weighted by atomic mass is 19.4. The summed E-state index contributed by atoms with van der Waals surface area (Å²) >= 11 is 0. The Kier molecular flexibility index (Phi) is 7.65. The Morgan fingerprint density at radius 1 is 1.03 bits per heavy atom. The third-order valence-corrected chi connectivity index (χ3v) is 5.42. The largest absolute Gasteiger partial charge is 0.493 e. The van der Waals surface area contributed by atoms with Crippen molar-refractivity contribution in [3.63, 3.8) is 0 Å². The average Bonchev–Trinajstić information content (AvgIpc) is 3.24. The normalized spacial score (nSPS) is 14.3. The molecule has 4 rings (SSSR count). The molecule has 1 aliphatic heterocycles. The van der Waals surface area contributed by atoms with E-state index in [0.717, 1.165) is 18.2 Å². The van der Waals surface area contributed by atoms with Gasteiger partial charge < -0.3 is 19.9 Å². The number of para-hydroxylation sites is 1. The van der Waals surface area contributed by atoms with Crippen LogP contribution in [0.3, 0.4) is 0 Å². The number of alkyl halides is 3. The molecule has 0 radical (unpaired) electrons. The van der Waals surface area contributed by atoms with Crippen molar-refractivity contribution < 1.29 is 42.1 Å². The van der Waals surface area contributed by atoms with Gasteiger partial charge >= 0.3 is 12.1 Å². The molecular weight excluding hydrogens is 519 g/mol. The Morgan fingerprint density at radius 2 is 1.72 bits per heavy atom. The van der Waals surface area contributed by atoms with Crippen LogP contribution < -0.4 is 19.8 Å². The number of ether oxygens (including phenoxy) is 2. The Bertz CT molecular complexity index is 1470. The lowest BCUT2D eigenvalue weighted by molar-refractivity contribution is -0.118. The average molecular weight is 539 g/mol. The minimum Gasteiger partial charge on any atom is -0.493 e. The molecule has 0 atom stereocenters. The molecule has 0 saturated carbocycles. The fourth-order valence-electron chi connectivity index (χ4n) is 3.60. The van der Waals surface area contributed by atoms with Crippen molar-refractivity contribution in [1.82, 2.24) is 0 Å². The number of methoxy groups -OCH3 is 1. The van der Waals surface area contributed by atoms with Crippen LogP contribution in [0.5, 0.6) is 11.5 Å². The molecule has 0 fully saturated rings. The van der Waals surface area contributed by atoms with Crippen LogP contribution in [-0.4, -0.2) is 48.5 Å². The number of nitrogens with one attached hydrogen (secondary N) is 1. The predicted molar refractivity (Wildman–Crippen MR) is 136 cm³/mol. The minimum atomic E-state index is -4.95. The van der Waals surface area contributed by atoms with Gasteiger partial charge in [0.1, 0.15) is 0 Å². The van der Waals surface area contributed by atoms with Gasteiger partial charge in [0.25, 0.3) is 11.8 Å². The number of hydrogen-bond donors (Lipinski definition) is 2. The van der Waals surface area contributed by atoms with Crippen LogP contribution in [-0.2, 0) is 9.59 Å². The van der Waals surface area contributed by atoms with E-state index in [1.165, 1.54) is 37.4 Å². The highest BCUT2D eigenvalue weighted by molar-refractivity contribution is 6.34. The predicted octanol–water partition coefficient (Wildman–Crippen LogP) is 4.76. The standard InChI is InChI=1S/C27H20F3N3O6/c1-38-22-14-16(7-12-21(22)39-15-23(34)31-18-5-3-2-4-6-18)13-20-24(27(28,29)30)32-33(25(20)35)19-10-8-17(9-11-19)26(36)37/h2-14H,15H2,1H3,(H,31,34)(H,36,37)/b20-13+. The molecule has 0 saturated heterocycles. The number of halogens is 3. The van der Waals surface area contributed by atoms with Gasteiger partial charge in [-0.15, -0.1) is 0 Å². The van der Waals surface area contributed by atoms with Gasteiger partial charge in [-0.25, -0.2) is 4.79 Å². The topological polar surface area (TPSA) is 118 Å². The molecule has 9 nitrogen and oxygen atoms in total. The monoisotopic (exact) mass is 539 g/mol. The van der Waals surface area contributed by atoms with Crippen LogP contribution in [0.1, 0.15) is 15.9 Å². The number of carboxylic acid groups (broad SMARTS) is 1. The number of carbonyl (C=O) groups excluding carboxylic acids is 2. The van der Waals surface area contributed by atoms with Gasteiger partial charge in [-0.2, -0.15) is 23.3 Å². The zero-order valence-electron chi connectivity index (χ0n) is 20.2. The summed E-state index contributed by atoms with van der Waals surface area (Å²) in [6, 6.07) is 17.5. The number of carboxylic acids is 1. The van der Waals surface area contributed by atoms with E-state index in [2.05, 4.69) is 10.4 Å². The van der Waals surface area contributed by atoms with Crippen molar-refractivity contribution in [2.45, 2.75) is 6.18 Å². The fourth-order valence-corrected chi connectivity index (χ4v) is 3.60. The Labute approximate surface area is 219 Å². The zero-order chi connectivity index (χ0) is 28.2. The van der Waals surface area contributed by atoms with E-state index in [0.29, 0.717) is 10.7 Å². The third-order valence-electron chi connectivity index (χ3n) is 5.42. The lowest BCUT2D eigenvalue weighted by Gasteiger charge is -2.12. The fraction of sp³-hybridized carbons (Fsp3) is 0.111. The molecule has 39 heavy (non-hydrogen) atoms. The summed E-state index contributed by atoms with van der Waals surface area (Å²) in [4.78, 5) is 36.2. The van der Waals surface area contributed by atoms with E-state index in [-0.39, 0.29) is 34.9 Å². The highest BCUT2D eigenvalue weighted by Gasteiger charge is 2.46. The van der Waals surface area contributed by atoms with Gasteiger partial charge in [-0.1, -0.05) is 24.3 Å². The van der Waals surface area contributed by atoms with Crippen LogP contribution in [0.4, 0.5) is 24.5 Å². The van der Waals surface area contributed by atoms with E-state index in [1.807, 2.05) is 0 Å². The summed E-state index contributed by atoms with van der Waals surface area (Å²) in [6.45, 7) is -0.356. The lowest BCUT2D eigenvalue weighted by Crippen LogP contribution is -2.25. The maximum atomic E-state index is 13.8. The second kappa shape index (κ2) is 11.1. The Balaban J connectivity index is 1.56. The summed E-state index contributed by atoms with van der Waals surface area (Å²) in [5.74, 6) is -2.44. The first-order valence-corrected chi connectivity index (χ1v) is 11.3. The third kappa shape index (κ3) is 6.24. The number of benzene rings is 3. The Hall–Kier alpha value is -5.13. The summed E-state index contributed by atoms with van der Waals surface area (Å²) in [6.07, 6.45) is -3.94. The minimum absolute atomic E-state index is 0.0368. The molecule has 0 aliphatic carbocycles. The molecule has 200 valence electrons. The zero-order valence-corrected chi connectivity index (χ0v) is 20.2. The molecular formula is C27H20F3N3O6.